The van der Waals surface area contributed by atoms with Crippen LogP contribution in [0.15, 0.2) is 30.6 Å². The molecule has 3 N–H and O–H groups in total. The van der Waals surface area contributed by atoms with Crippen molar-refractivity contribution in [1.29, 1.82) is 0 Å². The minimum atomic E-state index is -3.06. The molecule has 0 saturated carbocycles. The highest BCUT2D eigenvalue weighted by molar-refractivity contribution is 7.92. The third kappa shape index (κ3) is 5.42. The molecule has 2 aliphatic rings. The Labute approximate surface area is 228 Å². The number of nitrogens with two attached hydrogens (primary N) is 1. The summed E-state index contributed by atoms with van der Waals surface area (Å²) in [4.78, 5) is 26.1. The molecule has 5 heterocycles. The number of cyclic esters (lactones) is 1. The summed E-state index contributed by atoms with van der Waals surface area (Å²) in [6.07, 6.45) is 4.55. The Morgan fingerprint density at radius 1 is 1.18 bits per heavy atom. The van der Waals surface area contributed by atoms with E-state index in [1.54, 1.807) is 24.5 Å². The molecule has 3 aromatic heterocycles. The van der Waals surface area contributed by atoms with Crippen LogP contribution < -0.4 is 15.8 Å². The van der Waals surface area contributed by atoms with Crippen molar-refractivity contribution >= 4 is 38.2 Å². The fourth-order valence-corrected chi connectivity index (χ4v) is 7.26. The van der Waals surface area contributed by atoms with Crippen LogP contribution in [0.5, 0.6) is 5.88 Å². The van der Waals surface area contributed by atoms with Crippen molar-refractivity contribution in [2.45, 2.75) is 82.8 Å². The maximum Gasteiger partial charge on any atom is 0.340 e. The van der Waals surface area contributed by atoms with Gasteiger partial charge in [0.15, 0.2) is 9.84 Å². The van der Waals surface area contributed by atoms with Gasteiger partial charge in [-0.1, -0.05) is 6.92 Å². The number of sulfone groups is 1. The maximum absolute atomic E-state index is 12.3. The first kappa shape index (κ1) is 27.3. The second-order valence-corrected chi connectivity index (χ2v) is 13.7. The first-order valence-corrected chi connectivity index (χ1v) is 15.0. The molecule has 0 radical (unpaired) electrons. The van der Waals surface area contributed by atoms with E-state index in [2.05, 4.69) is 15.3 Å². The number of ether oxygens (including phenoxy) is 2. The van der Waals surface area contributed by atoms with E-state index in [1.807, 2.05) is 40.7 Å². The standard InChI is InChI=1S/C28H35N5O5S/c1-15(11-18-7-6-10-39(18,35)36)37-26-21-13-30-24(12-20(21)22(14-31-26)28(4,5)29)32-23-9-8-19-25(33-23)16(2)17(3)38-27(19)34/h8-9,12-18H,6-7,10-11,29H2,1-5H3,(H,30,32,33)/t15-,16-,17-,18+/m0/s1. The fraction of sp³-hybridized carbons (Fsp3) is 0.500. The lowest BCUT2D eigenvalue weighted by molar-refractivity contribution is 0.0235. The monoisotopic (exact) mass is 553 g/mol. The van der Waals surface area contributed by atoms with E-state index in [9.17, 15) is 13.2 Å². The van der Waals surface area contributed by atoms with Crippen LogP contribution in [0.1, 0.15) is 81.4 Å². The number of nitrogens with one attached hydrogen (secondary N) is 1. The predicted octanol–water partition coefficient (Wildman–Crippen LogP) is 4.36. The molecule has 39 heavy (non-hydrogen) atoms. The molecule has 1 fully saturated rings. The number of hydrogen-bond acceptors (Lipinski definition) is 10. The molecule has 0 amide bonds. The highest BCUT2D eigenvalue weighted by Gasteiger charge is 2.33. The largest absolute Gasteiger partial charge is 0.474 e. The van der Waals surface area contributed by atoms with Crippen molar-refractivity contribution in [3.63, 3.8) is 0 Å². The van der Waals surface area contributed by atoms with Crippen molar-refractivity contribution in [3.8, 4) is 5.88 Å². The second-order valence-electron chi connectivity index (χ2n) is 11.3. The van der Waals surface area contributed by atoms with Crippen molar-refractivity contribution in [2.24, 2.45) is 5.73 Å². The lowest BCUT2D eigenvalue weighted by atomic mass is 9.93. The SMILES string of the molecule is C[C@@H]1OC(=O)c2ccc(Nc3cc4c(C(C)(C)N)cnc(O[C@@H](C)C[C@H]5CCCS5(=O)=O)c4cn3)nc2[C@H]1C. The molecule has 0 unspecified atom stereocenters. The van der Waals surface area contributed by atoms with E-state index in [-0.39, 0.29) is 35.1 Å². The number of nitrogens with zero attached hydrogens (tertiary/aromatic N) is 3. The Hall–Kier alpha value is -3.31. The predicted molar refractivity (Wildman–Crippen MR) is 149 cm³/mol. The van der Waals surface area contributed by atoms with Gasteiger partial charge in [0.05, 0.1) is 33.8 Å². The highest BCUT2D eigenvalue weighted by atomic mass is 32.2. The smallest absolute Gasteiger partial charge is 0.340 e. The molecule has 2 aliphatic heterocycles. The Morgan fingerprint density at radius 3 is 2.64 bits per heavy atom. The third-order valence-corrected chi connectivity index (χ3v) is 9.93. The summed E-state index contributed by atoms with van der Waals surface area (Å²) in [6.45, 7) is 9.50. The summed E-state index contributed by atoms with van der Waals surface area (Å²) in [6, 6.07) is 5.32. The van der Waals surface area contributed by atoms with Gasteiger partial charge in [-0.25, -0.2) is 28.2 Å². The van der Waals surface area contributed by atoms with Crippen molar-refractivity contribution in [1.82, 2.24) is 15.0 Å². The average molecular weight is 554 g/mol. The Balaban J connectivity index is 1.46. The van der Waals surface area contributed by atoms with E-state index < -0.39 is 15.4 Å². The summed E-state index contributed by atoms with van der Waals surface area (Å²) in [5, 5.41) is 4.36. The molecule has 1 saturated heterocycles. The van der Waals surface area contributed by atoms with Crippen molar-refractivity contribution in [2.75, 3.05) is 11.1 Å². The molecular weight excluding hydrogens is 518 g/mol. The molecule has 0 aliphatic carbocycles. The first-order valence-electron chi connectivity index (χ1n) is 13.3. The third-order valence-electron chi connectivity index (χ3n) is 7.63. The van der Waals surface area contributed by atoms with Gasteiger partial charge in [-0.15, -0.1) is 0 Å². The highest BCUT2D eigenvalue weighted by Crippen LogP contribution is 2.35. The summed E-state index contributed by atoms with van der Waals surface area (Å²) >= 11 is 0. The average Bonchev–Trinajstić information content (AvgIpc) is 3.19. The van der Waals surface area contributed by atoms with E-state index in [0.29, 0.717) is 53.4 Å². The molecule has 4 atom stereocenters. The van der Waals surface area contributed by atoms with Gasteiger partial charge >= 0.3 is 5.97 Å². The normalized spacial score (nSPS) is 23.2. The molecule has 208 valence electrons. The van der Waals surface area contributed by atoms with Crippen LogP contribution in [0.2, 0.25) is 0 Å². The van der Waals surface area contributed by atoms with Gasteiger partial charge in [0, 0.05) is 30.3 Å². The fourth-order valence-electron chi connectivity index (χ4n) is 5.27. The quantitative estimate of drug-likeness (QED) is 0.405. The summed E-state index contributed by atoms with van der Waals surface area (Å²) in [5.41, 5.74) is 7.76. The number of rotatable bonds is 7. The number of carbonyl (C=O) groups is 1. The minimum Gasteiger partial charge on any atom is -0.474 e. The van der Waals surface area contributed by atoms with Gasteiger partial charge in [0.1, 0.15) is 17.7 Å². The van der Waals surface area contributed by atoms with E-state index in [0.717, 1.165) is 10.9 Å². The molecule has 3 aromatic rings. The molecule has 0 bridgehead atoms. The molecule has 0 spiro atoms. The molecule has 11 heteroatoms. The molecule has 10 nitrogen and oxygen atoms in total. The van der Waals surface area contributed by atoms with Crippen LogP contribution >= 0.6 is 0 Å². The summed E-state index contributed by atoms with van der Waals surface area (Å²) in [5.74, 6) is 1.32. The number of carbonyl (C=O) groups excluding carboxylic acids is 1. The van der Waals surface area contributed by atoms with Crippen molar-refractivity contribution in [3.05, 3.63) is 47.4 Å². The zero-order valence-corrected chi connectivity index (χ0v) is 23.7. The Morgan fingerprint density at radius 2 is 1.95 bits per heavy atom. The lowest BCUT2D eigenvalue weighted by Gasteiger charge is -2.27. The van der Waals surface area contributed by atoms with Crippen LogP contribution in [0, 0.1) is 0 Å². The van der Waals surface area contributed by atoms with Gasteiger partial charge in [0.25, 0.3) is 0 Å². The first-order chi connectivity index (χ1) is 18.3. The van der Waals surface area contributed by atoms with Crippen LogP contribution in [0.3, 0.4) is 0 Å². The second kappa shape index (κ2) is 10.0. The summed E-state index contributed by atoms with van der Waals surface area (Å²) < 4.78 is 36.2. The van der Waals surface area contributed by atoms with Crippen LogP contribution in [0.25, 0.3) is 10.8 Å². The van der Waals surface area contributed by atoms with Gasteiger partial charge in [-0.3, -0.25) is 0 Å². The Bertz CT molecular complexity index is 1540. The molecular formula is C28H35N5O5S. The minimum absolute atomic E-state index is 0.0411. The van der Waals surface area contributed by atoms with Crippen molar-refractivity contribution < 1.29 is 22.7 Å². The zero-order valence-electron chi connectivity index (χ0n) is 22.9. The van der Waals surface area contributed by atoms with Gasteiger partial charge < -0.3 is 20.5 Å². The van der Waals surface area contributed by atoms with Gasteiger partial charge in [0.2, 0.25) is 5.88 Å². The maximum atomic E-state index is 12.3. The number of hydrogen-bond donors (Lipinski definition) is 2. The zero-order chi connectivity index (χ0) is 28.1. The molecule has 5 rings (SSSR count). The van der Waals surface area contributed by atoms with Crippen LogP contribution in [-0.2, 0) is 20.1 Å². The number of anilines is 2. The number of aromatic nitrogens is 3. The van der Waals surface area contributed by atoms with E-state index >= 15 is 0 Å². The summed E-state index contributed by atoms with van der Waals surface area (Å²) in [7, 11) is -3.06. The van der Waals surface area contributed by atoms with Gasteiger partial charge in [-0.05, 0) is 69.7 Å². The van der Waals surface area contributed by atoms with Crippen LogP contribution in [-0.4, -0.2) is 52.5 Å². The number of pyridine rings is 3. The van der Waals surface area contributed by atoms with E-state index in [4.69, 9.17) is 20.2 Å². The number of esters is 1. The van der Waals surface area contributed by atoms with Crippen LogP contribution in [0.4, 0.5) is 11.6 Å². The number of fused-ring (bicyclic) bond motifs is 2. The Kier molecular flexibility index (Phi) is 7.00. The van der Waals surface area contributed by atoms with Gasteiger partial charge in [-0.2, -0.15) is 0 Å². The molecule has 0 aromatic carbocycles. The lowest BCUT2D eigenvalue weighted by Crippen LogP contribution is -2.29. The van der Waals surface area contributed by atoms with E-state index in [1.165, 1.54) is 0 Å². The topological polar surface area (TPSA) is 146 Å².